The maximum absolute atomic E-state index is 2.34. The summed E-state index contributed by atoms with van der Waals surface area (Å²) in [5, 5.41) is 0. The van der Waals surface area contributed by atoms with E-state index in [1.165, 1.54) is 22.4 Å². The van der Waals surface area contributed by atoms with Crippen LogP contribution in [0.15, 0.2) is 72.9 Å². The lowest BCUT2D eigenvalue weighted by atomic mass is 10.1. The van der Waals surface area contributed by atoms with E-state index in [-0.39, 0.29) is 0 Å². The molecule has 0 aliphatic heterocycles. The van der Waals surface area contributed by atoms with E-state index in [1.54, 1.807) is 0 Å². The summed E-state index contributed by atoms with van der Waals surface area (Å²) < 4.78 is 2.34. The van der Waals surface area contributed by atoms with Crippen molar-refractivity contribution >= 4 is 0 Å². The van der Waals surface area contributed by atoms with Crippen molar-refractivity contribution in [3.8, 4) is 11.1 Å². The Morgan fingerprint density at radius 3 is 2.15 bits per heavy atom. The summed E-state index contributed by atoms with van der Waals surface area (Å²) in [6.07, 6.45) is 3.27. The van der Waals surface area contributed by atoms with Crippen LogP contribution >= 0.6 is 0 Å². The van der Waals surface area contributed by atoms with Crippen molar-refractivity contribution in [2.75, 3.05) is 0 Å². The van der Waals surface area contributed by atoms with Crippen molar-refractivity contribution in [2.24, 2.45) is 0 Å². The van der Waals surface area contributed by atoms with Gasteiger partial charge in [0, 0.05) is 24.0 Å². The molecule has 3 rings (SSSR count). The quantitative estimate of drug-likeness (QED) is 0.641. The molecular weight excluding hydrogens is 242 g/mol. The highest BCUT2D eigenvalue weighted by Crippen LogP contribution is 2.24. The minimum Gasteiger partial charge on any atom is -0.351 e. The first kappa shape index (κ1) is 12.7. The van der Waals surface area contributed by atoms with Crippen LogP contribution in [0.5, 0.6) is 0 Å². The minimum atomic E-state index is 1.03. The van der Waals surface area contributed by atoms with Gasteiger partial charge in [-0.15, -0.1) is 0 Å². The standard InChI is InChI=1S/C19H19N/c1-16-19(18-10-6-3-7-11-18)13-15-20(16)14-12-17-8-4-2-5-9-17/h2-11,13,15H,12,14H2,1H3. The van der Waals surface area contributed by atoms with E-state index in [0.29, 0.717) is 0 Å². The van der Waals surface area contributed by atoms with Crippen LogP contribution in [-0.4, -0.2) is 4.57 Å². The van der Waals surface area contributed by atoms with Crippen LogP contribution in [-0.2, 0) is 13.0 Å². The number of hydrogen-bond donors (Lipinski definition) is 0. The van der Waals surface area contributed by atoms with E-state index in [1.807, 2.05) is 0 Å². The fourth-order valence-corrected chi connectivity index (χ4v) is 2.61. The minimum absolute atomic E-state index is 1.03. The normalized spacial score (nSPS) is 10.7. The van der Waals surface area contributed by atoms with Crippen molar-refractivity contribution in [3.63, 3.8) is 0 Å². The van der Waals surface area contributed by atoms with E-state index in [9.17, 15) is 0 Å². The van der Waals surface area contributed by atoms with Crippen molar-refractivity contribution in [1.29, 1.82) is 0 Å². The molecule has 0 N–H and O–H groups in total. The molecule has 0 saturated carbocycles. The predicted octanol–water partition coefficient (Wildman–Crippen LogP) is 4.71. The molecule has 0 bridgehead atoms. The van der Waals surface area contributed by atoms with Gasteiger partial charge in [0.15, 0.2) is 0 Å². The summed E-state index contributed by atoms with van der Waals surface area (Å²) in [6, 6.07) is 23.5. The van der Waals surface area contributed by atoms with Crippen LogP contribution in [0.4, 0.5) is 0 Å². The van der Waals surface area contributed by atoms with Crippen LogP contribution in [0.3, 0.4) is 0 Å². The van der Waals surface area contributed by atoms with E-state index in [0.717, 1.165) is 13.0 Å². The summed E-state index contributed by atoms with van der Waals surface area (Å²) in [6.45, 7) is 3.23. The Kier molecular flexibility index (Phi) is 3.69. The number of aromatic nitrogens is 1. The summed E-state index contributed by atoms with van der Waals surface area (Å²) in [4.78, 5) is 0. The molecule has 1 nitrogen and oxygen atoms in total. The van der Waals surface area contributed by atoms with Crippen molar-refractivity contribution in [1.82, 2.24) is 4.57 Å². The van der Waals surface area contributed by atoms with Gasteiger partial charge in [0.1, 0.15) is 0 Å². The van der Waals surface area contributed by atoms with Gasteiger partial charge in [-0.25, -0.2) is 0 Å². The van der Waals surface area contributed by atoms with Gasteiger partial charge in [-0.05, 0) is 30.5 Å². The largest absolute Gasteiger partial charge is 0.351 e. The highest BCUT2D eigenvalue weighted by Gasteiger charge is 2.06. The monoisotopic (exact) mass is 261 g/mol. The molecular formula is C19H19N. The molecule has 0 spiro atoms. The van der Waals surface area contributed by atoms with Crippen LogP contribution in [0, 0.1) is 6.92 Å². The molecule has 0 saturated heterocycles. The molecule has 0 amide bonds. The number of rotatable bonds is 4. The Morgan fingerprint density at radius 1 is 0.800 bits per heavy atom. The predicted molar refractivity (Wildman–Crippen MR) is 84.8 cm³/mol. The second kappa shape index (κ2) is 5.79. The Morgan fingerprint density at radius 2 is 1.45 bits per heavy atom. The number of nitrogens with zero attached hydrogens (tertiary/aromatic N) is 1. The van der Waals surface area contributed by atoms with Crippen LogP contribution in [0.2, 0.25) is 0 Å². The molecule has 0 unspecified atom stereocenters. The topological polar surface area (TPSA) is 4.93 Å². The van der Waals surface area contributed by atoms with Crippen LogP contribution in [0.1, 0.15) is 11.3 Å². The van der Waals surface area contributed by atoms with Crippen molar-refractivity contribution in [3.05, 3.63) is 84.2 Å². The Bertz CT molecular complexity index is 666. The second-order valence-corrected chi connectivity index (χ2v) is 5.11. The third-order valence-corrected chi connectivity index (χ3v) is 3.81. The molecule has 2 aromatic carbocycles. The van der Waals surface area contributed by atoms with Gasteiger partial charge in [-0.1, -0.05) is 60.7 Å². The first-order chi connectivity index (χ1) is 9.84. The zero-order chi connectivity index (χ0) is 13.8. The molecule has 1 heteroatoms. The molecule has 0 radical (unpaired) electrons. The van der Waals surface area contributed by atoms with E-state index in [2.05, 4.69) is 84.4 Å². The van der Waals surface area contributed by atoms with Crippen LogP contribution in [0.25, 0.3) is 11.1 Å². The maximum Gasteiger partial charge on any atom is 0.0262 e. The summed E-state index contributed by atoms with van der Waals surface area (Å²) in [5.74, 6) is 0. The molecule has 0 aliphatic rings. The molecule has 100 valence electrons. The zero-order valence-corrected chi connectivity index (χ0v) is 11.8. The third-order valence-electron chi connectivity index (χ3n) is 3.81. The first-order valence-electron chi connectivity index (χ1n) is 7.09. The third kappa shape index (κ3) is 2.67. The Hall–Kier alpha value is -2.28. The van der Waals surface area contributed by atoms with Crippen LogP contribution < -0.4 is 0 Å². The number of aryl methyl sites for hydroxylation is 2. The Labute approximate surface area is 120 Å². The molecule has 1 aromatic heterocycles. The van der Waals surface area contributed by atoms with E-state index < -0.39 is 0 Å². The average molecular weight is 261 g/mol. The summed E-state index contributed by atoms with van der Waals surface area (Å²) in [7, 11) is 0. The Balaban J connectivity index is 1.78. The first-order valence-corrected chi connectivity index (χ1v) is 7.09. The average Bonchev–Trinajstić information content (AvgIpc) is 2.88. The van der Waals surface area contributed by atoms with Gasteiger partial charge in [-0.3, -0.25) is 0 Å². The fourth-order valence-electron chi connectivity index (χ4n) is 2.61. The van der Waals surface area contributed by atoms with Gasteiger partial charge in [0.05, 0.1) is 0 Å². The van der Waals surface area contributed by atoms with Gasteiger partial charge >= 0.3 is 0 Å². The summed E-state index contributed by atoms with van der Waals surface area (Å²) in [5.41, 5.74) is 5.36. The van der Waals surface area contributed by atoms with Crippen molar-refractivity contribution in [2.45, 2.75) is 19.9 Å². The number of benzene rings is 2. The lowest BCUT2D eigenvalue weighted by Crippen LogP contribution is -2.02. The SMILES string of the molecule is Cc1c(-c2ccccc2)ccn1CCc1ccccc1. The highest BCUT2D eigenvalue weighted by molar-refractivity contribution is 5.66. The van der Waals surface area contributed by atoms with Gasteiger partial charge < -0.3 is 4.57 Å². The van der Waals surface area contributed by atoms with Gasteiger partial charge in [-0.2, -0.15) is 0 Å². The van der Waals surface area contributed by atoms with Gasteiger partial charge in [0.2, 0.25) is 0 Å². The van der Waals surface area contributed by atoms with E-state index >= 15 is 0 Å². The molecule has 0 atom stereocenters. The zero-order valence-electron chi connectivity index (χ0n) is 11.8. The lowest BCUT2D eigenvalue weighted by Gasteiger charge is -2.08. The molecule has 3 aromatic rings. The molecule has 20 heavy (non-hydrogen) atoms. The van der Waals surface area contributed by atoms with Crippen molar-refractivity contribution < 1.29 is 0 Å². The van der Waals surface area contributed by atoms with E-state index in [4.69, 9.17) is 0 Å². The van der Waals surface area contributed by atoms with Gasteiger partial charge in [0.25, 0.3) is 0 Å². The molecule has 0 fully saturated rings. The fraction of sp³-hybridized carbons (Fsp3) is 0.158. The lowest BCUT2D eigenvalue weighted by molar-refractivity contribution is 0.682. The second-order valence-electron chi connectivity index (χ2n) is 5.11. The maximum atomic E-state index is 2.34. The smallest absolute Gasteiger partial charge is 0.0262 e. The molecule has 0 aliphatic carbocycles. The summed E-state index contributed by atoms with van der Waals surface area (Å²) >= 11 is 0. The molecule has 1 heterocycles. The number of hydrogen-bond acceptors (Lipinski definition) is 0. The highest BCUT2D eigenvalue weighted by atomic mass is 15.0.